The maximum atomic E-state index is 12.0. The number of rotatable bonds is 6. The molecule has 8 nitrogen and oxygen atoms in total. The number of ketones is 1. The molecule has 0 aliphatic heterocycles. The minimum absolute atomic E-state index is 0.143. The molecule has 8 heteroatoms. The number of alkyl carbamates (subject to hydrolysis) is 1. The van der Waals surface area contributed by atoms with Crippen LogP contribution in [-0.2, 0) is 20.7 Å². The number of nitrogens with one attached hydrogen (secondary N) is 1. The highest BCUT2D eigenvalue weighted by atomic mass is 16.6. The summed E-state index contributed by atoms with van der Waals surface area (Å²) < 4.78 is 10.1. The highest BCUT2D eigenvalue weighted by Gasteiger charge is 2.25. The quantitative estimate of drug-likeness (QED) is 0.277. The topological polar surface area (TPSA) is 118 Å². The maximum absolute atomic E-state index is 12.0. The van der Waals surface area contributed by atoms with Crippen LogP contribution in [0.25, 0.3) is 5.53 Å². The van der Waals surface area contributed by atoms with Crippen LogP contribution in [0.1, 0.15) is 33.3 Å². The van der Waals surface area contributed by atoms with Gasteiger partial charge < -0.3 is 20.3 Å². The first kappa shape index (κ1) is 20.1. The van der Waals surface area contributed by atoms with E-state index < -0.39 is 29.5 Å². The van der Waals surface area contributed by atoms with Gasteiger partial charge in [-0.2, -0.15) is 4.79 Å². The lowest BCUT2D eigenvalue weighted by atomic mass is 10.0. The monoisotopic (exact) mass is 347 g/mol. The standard InChI is InChI=1S/C17H21N3O5/c1-11(21)24-13-7-5-12(6-8-13)9-14(15(22)10-19-18)20-16(23)25-17(2,3)4/h5-8,10,14H,9H2,1-4H3,(H,20,23). The lowest BCUT2D eigenvalue weighted by Gasteiger charge is -2.22. The van der Waals surface area contributed by atoms with Crippen LogP contribution in [0.4, 0.5) is 4.79 Å². The van der Waals surface area contributed by atoms with Crippen molar-refractivity contribution in [1.29, 1.82) is 0 Å². The Morgan fingerprint density at radius 3 is 2.32 bits per heavy atom. The SMILES string of the molecule is CC(=O)Oc1ccc(CC(NC(=O)OC(C)(C)C)C(=O)C=[N+]=[N-])cc1. The number of esters is 1. The Morgan fingerprint density at radius 1 is 1.24 bits per heavy atom. The van der Waals surface area contributed by atoms with Crippen LogP contribution in [0.15, 0.2) is 24.3 Å². The number of amides is 1. The Kier molecular flexibility index (Phi) is 7.02. The van der Waals surface area contributed by atoms with Gasteiger partial charge in [-0.15, -0.1) is 0 Å². The maximum Gasteiger partial charge on any atom is 0.408 e. The fraction of sp³-hybridized carbons (Fsp3) is 0.412. The molecule has 0 saturated heterocycles. The summed E-state index contributed by atoms with van der Waals surface area (Å²) in [6, 6.07) is 5.50. The van der Waals surface area contributed by atoms with Gasteiger partial charge in [0.15, 0.2) is 0 Å². The van der Waals surface area contributed by atoms with E-state index in [9.17, 15) is 14.4 Å². The summed E-state index contributed by atoms with van der Waals surface area (Å²) in [4.78, 5) is 37.5. The minimum atomic E-state index is -0.967. The summed E-state index contributed by atoms with van der Waals surface area (Å²) in [6.07, 6.45) is 0.105. The number of ether oxygens (including phenoxy) is 2. The van der Waals surface area contributed by atoms with Gasteiger partial charge in [0.2, 0.25) is 0 Å². The molecular weight excluding hydrogens is 326 g/mol. The summed E-state index contributed by atoms with van der Waals surface area (Å²) in [5, 5.41) is 2.46. The zero-order chi connectivity index (χ0) is 19.0. The van der Waals surface area contributed by atoms with E-state index in [1.807, 2.05) is 0 Å². The minimum Gasteiger partial charge on any atom is -0.444 e. The summed E-state index contributed by atoms with van der Waals surface area (Å²) in [6.45, 7) is 6.40. The van der Waals surface area contributed by atoms with Crippen LogP contribution in [0.5, 0.6) is 5.75 Å². The molecule has 1 N–H and O–H groups in total. The van der Waals surface area contributed by atoms with Crippen LogP contribution in [0.3, 0.4) is 0 Å². The predicted molar refractivity (Wildman–Crippen MR) is 89.3 cm³/mol. The molecule has 0 saturated carbocycles. The molecule has 0 aliphatic carbocycles. The second kappa shape index (κ2) is 8.75. The number of hydrogen-bond acceptors (Lipinski definition) is 5. The molecule has 1 aromatic carbocycles. The normalized spacial score (nSPS) is 11.7. The van der Waals surface area contributed by atoms with Gasteiger partial charge in [0.05, 0.1) is 0 Å². The average Bonchev–Trinajstić information content (AvgIpc) is 2.46. The van der Waals surface area contributed by atoms with Crippen molar-refractivity contribution in [3.63, 3.8) is 0 Å². The van der Waals surface area contributed by atoms with Crippen LogP contribution in [0.2, 0.25) is 0 Å². The molecule has 25 heavy (non-hydrogen) atoms. The molecule has 0 bridgehead atoms. The number of Topliss-reactive ketones (excluding diaryl/α,β-unsaturated/α-hetero) is 1. The second-order valence-electron chi connectivity index (χ2n) is 6.29. The Bertz CT molecular complexity index is 685. The van der Waals surface area contributed by atoms with Crippen molar-refractivity contribution in [1.82, 2.24) is 5.32 Å². The fourth-order valence-electron chi connectivity index (χ4n) is 1.91. The van der Waals surface area contributed by atoms with Crippen molar-refractivity contribution in [2.24, 2.45) is 0 Å². The Morgan fingerprint density at radius 2 is 1.84 bits per heavy atom. The molecule has 134 valence electrons. The Labute approximate surface area is 145 Å². The van der Waals surface area contributed by atoms with E-state index >= 15 is 0 Å². The molecule has 0 radical (unpaired) electrons. The fourth-order valence-corrected chi connectivity index (χ4v) is 1.91. The molecule has 0 aliphatic rings. The van der Waals surface area contributed by atoms with Crippen LogP contribution < -0.4 is 10.1 Å². The summed E-state index contributed by atoms with van der Waals surface area (Å²) in [7, 11) is 0. The number of hydrogen-bond donors (Lipinski definition) is 1. The summed E-state index contributed by atoms with van der Waals surface area (Å²) >= 11 is 0. The molecule has 1 aromatic rings. The van der Waals surface area contributed by atoms with E-state index in [1.165, 1.54) is 6.92 Å². The molecule has 0 aromatic heterocycles. The lowest BCUT2D eigenvalue weighted by Crippen LogP contribution is -2.45. The van der Waals surface area contributed by atoms with Crippen LogP contribution >= 0.6 is 0 Å². The van der Waals surface area contributed by atoms with Gasteiger partial charge in [0.25, 0.3) is 5.78 Å². The number of carbonyl (C=O) groups excluding carboxylic acids is 3. The van der Waals surface area contributed by atoms with Crippen molar-refractivity contribution in [3.05, 3.63) is 35.4 Å². The molecular formula is C17H21N3O5. The number of benzene rings is 1. The van der Waals surface area contributed by atoms with Gasteiger partial charge in [0, 0.05) is 13.3 Å². The molecule has 0 heterocycles. The van der Waals surface area contributed by atoms with E-state index in [4.69, 9.17) is 15.0 Å². The first-order valence-corrected chi connectivity index (χ1v) is 7.59. The molecule has 1 atom stereocenters. The average molecular weight is 347 g/mol. The van der Waals surface area contributed by atoms with Crippen molar-refractivity contribution >= 4 is 24.1 Å². The van der Waals surface area contributed by atoms with Gasteiger partial charge >= 0.3 is 18.3 Å². The van der Waals surface area contributed by atoms with Gasteiger partial charge in [0.1, 0.15) is 17.4 Å². The third-order valence-electron chi connectivity index (χ3n) is 2.84. The summed E-state index contributed by atoms with van der Waals surface area (Å²) in [5.74, 6) is -0.653. The zero-order valence-corrected chi connectivity index (χ0v) is 14.6. The largest absolute Gasteiger partial charge is 0.444 e. The summed E-state index contributed by atoms with van der Waals surface area (Å²) in [5.41, 5.74) is 8.54. The second-order valence-corrected chi connectivity index (χ2v) is 6.29. The highest BCUT2D eigenvalue weighted by molar-refractivity contribution is 6.28. The van der Waals surface area contributed by atoms with Crippen molar-refractivity contribution in [2.75, 3.05) is 0 Å². The third-order valence-corrected chi connectivity index (χ3v) is 2.84. The predicted octanol–water partition coefficient (Wildman–Crippen LogP) is 1.92. The molecule has 1 unspecified atom stereocenters. The molecule has 0 spiro atoms. The molecule has 0 fully saturated rings. The smallest absolute Gasteiger partial charge is 0.408 e. The van der Waals surface area contributed by atoms with E-state index in [-0.39, 0.29) is 6.42 Å². The van der Waals surface area contributed by atoms with Gasteiger partial charge in [-0.3, -0.25) is 9.59 Å². The van der Waals surface area contributed by atoms with E-state index in [1.54, 1.807) is 45.0 Å². The van der Waals surface area contributed by atoms with Gasteiger partial charge in [-0.1, -0.05) is 12.1 Å². The van der Waals surface area contributed by atoms with Gasteiger partial charge in [-0.05, 0) is 38.5 Å². The lowest BCUT2D eigenvalue weighted by molar-refractivity contribution is -0.131. The van der Waals surface area contributed by atoms with Crippen molar-refractivity contribution in [3.8, 4) is 5.75 Å². The van der Waals surface area contributed by atoms with E-state index in [0.29, 0.717) is 11.3 Å². The van der Waals surface area contributed by atoms with Crippen LogP contribution in [-0.4, -0.2) is 40.5 Å². The van der Waals surface area contributed by atoms with Crippen molar-refractivity contribution < 1.29 is 28.6 Å². The highest BCUT2D eigenvalue weighted by Crippen LogP contribution is 2.14. The zero-order valence-electron chi connectivity index (χ0n) is 14.6. The number of nitrogens with zero attached hydrogens (tertiary/aromatic N) is 2. The van der Waals surface area contributed by atoms with E-state index in [2.05, 4.69) is 10.1 Å². The Balaban J connectivity index is 2.86. The van der Waals surface area contributed by atoms with Gasteiger partial charge in [-0.25, -0.2) is 4.79 Å². The van der Waals surface area contributed by atoms with Crippen molar-refractivity contribution in [2.45, 2.75) is 45.8 Å². The first-order valence-electron chi connectivity index (χ1n) is 7.59. The number of carbonyl (C=O) groups is 3. The van der Waals surface area contributed by atoms with E-state index in [0.717, 1.165) is 6.21 Å². The first-order chi connectivity index (χ1) is 11.6. The third kappa shape index (κ3) is 7.90. The molecule has 1 amide bonds. The molecule has 1 rings (SSSR count). The van der Waals surface area contributed by atoms with Crippen LogP contribution in [0, 0.1) is 0 Å². The Hall–Kier alpha value is -2.99.